The van der Waals surface area contributed by atoms with Crippen LogP contribution < -0.4 is 4.90 Å². The molecule has 1 aliphatic heterocycles. The second-order valence-electron chi connectivity index (χ2n) is 5.39. The number of nitrogens with zero attached hydrogens (tertiary/aromatic N) is 2. The molecule has 108 valence electrons. The molecule has 0 atom stereocenters. The van der Waals surface area contributed by atoms with E-state index in [2.05, 4.69) is 34.1 Å². The van der Waals surface area contributed by atoms with E-state index >= 15 is 0 Å². The lowest BCUT2D eigenvalue weighted by Crippen LogP contribution is -2.48. The van der Waals surface area contributed by atoms with E-state index in [0.29, 0.717) is 6.54 Å². The lowest BCUT2D eigenvalue weighted by Gasteiger charge is -2.35. The Balaban J connectivity index is 1.53. The third kappa shape index (κ3) is 3.50. The van der Waals surface area contributed by atoms with Crippen molar-refractivity contribution in [3.63, 3.8) is 0 Å². The Morgan fingerprint density at radius 3 is 2.00 bits per heavy atom. The van der Waals surface area contributed by atoms with Crippen LogP contribution in [0.25, 0.3) is 0 Å². The number of para-hydroxylation sites is 1. The summed E-state index contributed by atoms with van der Waals surface area (Å²) in [5, 5.41) is 0. The summed E-state index contributed by atoms with van der Waals surface area (Å²) >= 11 is 0. The van der Waals surface area contributed by atoms with Crippen LogP contribution in [0.1, 0.15) is 10.4 Å². The van der Waals surface area contributed by atoms with Crippen molar-refractivity contribution in [1.82, 2.24) is 4.90 Å². The number of Topliss-reactive ketones (excluding diaryl/α,β-unsaturated/α-hetero) is 1. The van der Waals surface area contributed by atoms with Crippen LogP contribution in [-0.2, 0) is 0 Å². The van der Waals surface area contributed by atoms with Crippen LogP contribution >= 0.6 is 0 Å². The smallest absolute Gasteiger partial charge is 0.176 e. The first kappa shape index (κ1) is 13.8. The highest BCUT2D eigenvalue weighted by molar-refractivity contribution is 5.97. The Morgan fingerprint density at radius 2 is 1.38 bits per heavy atom. The molecule has 1 fully saturated rings. The second-order valence-corrected chi connectivity index (χ2v) is 5.39. The van der Waals surface area contributed by atoms with Crippen LogP contribution in [0, 0.1) is 0 Å². The van der Waals surface area contributed by atoms with Gasteiger partial charge in [0.05, 0.1) is 6.54 Å². The number of anilines is 1. The summed E-state index contributed by atoms with van der Waals surface area (Å²) in [6, 6.07) is 20.0. The minimum absolute atomic E-state index is 0.212. The molecule has 2 aromatic rings. The Kier molecular flexibility index (Phi) is 4.31. The summed E-state index contributed by atoms with van der Waals surface area (Å²) in [6.07, 6.45) is 0. The van der Waals surface area contributed by atoms with E-state index in [9.17, 15) is 4.79 Å². The van der Waals surface area contributed by atoms with Gasteiger partial charge in [0.15, 0.2) is 5.78 Å². The van der Waals surface area contributed by atoms with Crippen molar-refractivity contribution in [1.29, 1.82) is 0 Å². The summed E-state index contributed by atoms with van der Waals surface area (Å²) in [6.45, 7) is 4.35. The molecule has 0 aliphatic carbocycles. The van der Waals surface area contributed by atoms with E-state index in [0.717, 1.165) is 31.7 Å². The predicted octanol–water partition coefficient (Wildman–Crippen LogP) is 2.69. The summed E-state index contributed by atoms with van der Waals surface area (Å²) in [5.74, 6) is 0.212. The van der Waals surface area contributed by atoms with Crippen LogP contribution in [0.15, 0.2) is 60.7 Å². The number of piperazine rings is 1. The van der Waals surface area contributed by atoms with Crippen LogP contribution in [0.2, 0.25) is 0 Å². The van der Waals surface area contributed by atoms with Crippen LogP contribution in [-0.4, -0.2) is 43.4 Å². The van der Waals surface area contributed by atoms with Crippen molar-refractivity contribution < 1.29 is 4.79 Å². The number of ketones is 1. The summed E-state index contributed by atoms with van der Waals surface area (Å²) in [7, 11) is 0. The lowest BCUT2D eigenvalue weighted by atomic mass is 10.1. The maximum Gasteiger partial charge on any atom is 0.176 e. The monoisotopic (exact) mass is 280 g/mol. The van der Waals surface area contributed by atoms with E-state index in [1.807, 2.05) is 36.4 Å². The molecular formula is C18H20N2O. The lowest BCUT2D eigenvalue weighted by molar-refractivity contribution is 0.0926. The molecule has 0 spiro atoms. The van der Waals surface area contributed by atoms with Crippen LogP contribution in [0.3, 0.4) is 0 Å². The SMILES string of the molecule is O=C(CN1CCN(c2ccccc2)CC1)c1ccccc1. The molecule has 1 aliphatic rings. The van der Waals surface area contributed by atoms with Gasteiger partial charge in [-0.3, -0.25) is 9.69 Å². The zero-order valence-electron chi connectivity index (χ0n) is 12.1. The quantitative estimate of drug-likeness (QED) is 0.805. The molecule has 3 nitrogen and oxygen atoms in total. The van der Waals surface area contributed by atoms with Crippen molar-refractivity contribution in [3.05, 3.63) is 66.2 Å². The first-order chi connectivity index (χ1) is 10.3. The van der Waals surface area contributed by atoms with Gasteiger partial charge in [0, 0.05) is 37.4 Å². The van der Waals surface area contributed by atoms with Gasteiger partial charge in [-0.15, -0.1) is 0 Å². The highest BCUT2D eigenvalue weighted by Crippen LogP contribution is 2.15. The van der Waals surface area contributed by atoms with Crippen LogP contribution in [0.5, 0.6) is 0 Å². The predicted molar refractivity (Wildman–Crippen MR) is 85.9 cm³/mol. The Hall–Kier alpha value is -2.13. The summed E-state index contributed by atoms with van der Waals surface area (Å²) < 4.78 is 0. The molecule has 2 aromatic carbocycles. The third-order valence-corrected chi connectivity index (χ3v) is 3.96. The third-order valence-electron chi connectivity index (χ3n) is 3.96. The molecule has 0 radical (unpaired) electrons. The van der Waals surface area contributed by atoms with Crippen molar-refractivity contribution in [2.75, 3.05) is 37.6 Å². The topological polar surface area (TPSA) is 23.6 Å². The van der Waals surface area contributed by atoms with Crippen molar-refractivity contribution >= 4 is 11.5 Å². The van der Waals surface area contributed by atoms with Gasteiger partial charge in [0.1, 0.15) is 0 Å². The Morgan fingerprint density at radius 1 is 0.810 bits per heavy atom. The molecule has 3 rings (SSSR count). The standard InChI is InChI=1S/C18H20N2O/c21-18(16-7-3-1-4-8-16)15-19-11-13-20(14-12-19)17-9-5-2-6-10-17/h1-10H,11-15H2. The molecule has 1 heterocycles. The minimum atomic E-state index is 0.212. The largest absolute Gasteiger partial charge is 0.369 e. The molecule has 0 amide bonds. The number of benzene rings is 2. The molecule has 0 aromatic heterocycles. The highest BCUT2D eigenvalue weighted by Gasteiger charge is 2.19. The van der Waals surface area contributed by atoms with E-state index in [4.69, 9.17) is 0 Å². The molecule has 0 N–H and O–H groups in total. The van der Waals surface area contributed by atoms with Gasteiger partial charge >= 0.3 is 0 Å². The fourth-order valence-corrected chi connectivity index (χ4v) is 2.72. The van der Waals surface area contributed by atoms with Crippen molar-refractivity contribution in [2.45, 2.75) is 0 Å². The summed E-state index contributed by atoms with van der Waals surface area (Å²) in [4.78, 5) is 16.8. The van der Waals surface area contributed by atoms with Gasteiger partial charge in [-0.05, 0) is 12.1 Å². The van der Waals surface area contributed by atoms with Crippen molar-refractivity contribution in [2.24, 2.45) is 0 Å². The Bertz CT molecular complexity index is 575. The van der Waals surface area contributed by atoms with E-state index < -0.39 is 0 Å². The van der Waals surface area contributed by atoms with Crippen LogP contribution in [0.4, 0.5) is 5.69 Å². The van der Waals surface area contributed by atoms with Gasteiger partial charge in [-0.1, -0.05) is 48.5 Å². The number of hydrogen-bond acceptors (Lipinski definition) is 3. The fraction of sp³-hybridized carbons (Fsp3) is 0.278. The fourth-order valence-electron chi connectivity index (χ4n) is 2.72. The average molecular weight is 280 g/mol. The maximum absolute atomic E-state index is 12.2. The first-order valence-electron chi connectivity index (χ1n) is 7.43. The Labute approximate surface area is 125 Å². The number of hydrogen-bond donors (Lipinski definition) is 0. The van der Waals surface area contributed by atoms with E-state index in [-0.39, 0.29) is 5.78 Å². The average Bonchev–Trinajstić information content (AvgIpc) is 2.57. The molecule has 0 unspecified atom stereocenters. The normalized spacial score (nSPS) is 15.9. The van der Waals surface area contributed by atoms with Gasteiger partial charge in [0.25, 0.3) is 0 Å². The van der Waals surface area contributed by atoms with Gasteiger partial charge < -0.3 is 4.90 Å². The zero-order valence-corrected chi connectivity index (χ0v) is 12.1. The molecular weight excluding hydrogens is 260 g/mol. The molecule has 3 heteroatoms. The summed E-state index contributed by atoms with van der Waals surface area (Å²) in [5.41, 5.74) is 2.08. The minimum Gasteiger partial charge on any atom is -0.369 e. The second kappa shape index (κ2) is 6.55. The molecule has 0 saturated carbocycles. The van der Waals surface area contributed by atoms with E-state index in [1.165, 1.54) is 5.69 Å². The molecule has 0 bridgehead atoms. The maximum atomic E-state index is 12.2. The van der Waals surface area contributed by atoms with E-state index in [1.54, 1.807) is 0 Å². The molecule has 21 heavy (non-hydrogen) atoms. The molecule has 1 saturated heterocycles. The van der Waals surface area contributed by atoms with Crippen molar-refractivity contribution in [3.8, 4) is 0 Å². The zero-order chi connectivity index (χ0) is 14.5. The highest BCUT2D eigenvalue weighted by atomic mass is 16.1. The number of carbonyl (C=O) groups excluding carboxylic acids is 1. The number of rotatable bonds is 4. The van der Waals surface area contributed by atoms with Gasteiger partial charge in [0.2, 0.25) is 0 Å². The van der Waals surface area contributed by atoms with Gasteiger partial charge in [-0.25, -0.2) is 0 Å². The number of carbonyl (C=O) groups is 1. The van der Waals surface area contributed by atoms with Gasteiger partial charge in [-0.2, -0.15) is 0 Å². The first-order valence-corrected chi connectivity index (χ1v) is 7.43.